The molecular formula is C20H21N5O2. The minimum Gasteiger partial charge on any atom is -0.486 e. The zero-order valence-corrected chi connectivity index (χ0v) is 15.3. The van der Waals surface area contributed by atoms with Crippen LogP contribution in [0.5, 0.6) is 11.5 Å². The number of anilines is 4. The van der Waals surface area contributed by atoms with Crippen LogP contribution in [-0.4, -0.2) is 28.4 Å². The lowest BCUT2D eigenvalue weighted by atomic mass is 10.0. The third kappa shape index (κ3) is 4.08. The maximum Gasteiger partial charge on any atom is 0.249 e. The molecule has 0 saturated carbocycles. The van der Waals surface area contributed by atoms with Crippen molar-refractivity contribution in [3.05, 3.63) is 54.2 Å². The Hall–Kier alpha value is -3.35. The van der Waals surface area contributed by atoms with Crippen molar-refractivity contribution in [1.82, 2.24) is 15.2 Å². The van der Waals surface area contributed by atoms with Crippen LogP contribution in [0.1, 0.15) is 25.3 Å². The quantitative estimate of drug-likeness (QED) is 0.701. The van der Waals surface area contributed by atoms with Gasteiger partial charge in [-0.3, -0.25) is 0 Å². The third-order valence-corrected chi connectivity index (χ3v) is 4.21. The van der Waals surface area contributed by atoms with Gasteiger partial charge < -0.3 is 20.1 Å². The highest BCUT2D eigenvalue weighted by molar-refractivity contribution is 5.62. The third-order valence-electron chi connectivity index (χ3n) is 4.21. The summed E-state index contributed by atoms with van der Waals surface area (Å²) in [6.45, 7) is 5.46. The molecule has 0 spiro atoms. The van der Waals surface area contributed by atoms with Gasteiger partial charge in [-0.25, -0.2) is 0 Å². The predicted molar refractivity (Wildman–Crippen MR) is 104 cm³/mol. The molecule has 0 saturated heterocycles. The summed E-state index contributed by atoms with van der Waals surface area (Å²) in [6.07, 6.45) is 1.59. The fourth-order valence-corrected chi connectivity index (χ4v) is 2.77. The lowest BCUT2D eigenvalue weighted by Crippen LogP contribution is -2.15. The van der Waals surface area contributed by atoms with Gasteiger partial charge in [0.2, 0.25) is 5.95 Å². The van der Waals surface area contributed by atoms with E-state index < -0.39 is 0 Å². The van der Waals surface area contributed by atoms with Crippen LogP contribution in [0, 0.1) is 0 Å². The van der Waals surface area contributed by atoms with Crippen LogP contribution < -0.4 is 20.1 Å². The summed E-state index contributed by atoms with van der Waals surface area (Å²) in [5.41, 5.74) is 3.05. The van der Waals surface area contributed by atoms with E-state index in [2.05, 4.69) is 51.8 Å². The molecule has 27 heavy (non-hydrogen) atoms. The number of hydrogen-bond acceptors (Lipinski definition) is 7. The Labute approximate surface area is 157 Å². The van der Waals surface area contributed by atoms with Crippen LogP contribution in [0.15, 0.2) is 48.7 Å². The van der Waals surface area contributed by atoms with Crippen molar-refractivity contribution in [1.29, 1.82) is 0 Å². The summed E-state index contributed by atoms with van der Waals surface area (Å²) in [5, 5.41) is 14.5. The molecule has 1 aliphatic heterocycles. The SMILES string of the molecule is CC(C)c1ccc(Nc2cnnc(Nc3ccc4c(c3)OCCO4)n2)cc1. The van der Waals surface area contributed by atoms with Crippen LogP contribution in [-0.2, 0) is 0 Å². The van der Waals surface area contributed by atoms with Gasteiger partial charge in [0.25, 0.3) is 0 Å². The first-order valence-electron chi connectivity index (χ1n) is 8.91. The number of fused-ring (bicyclic) bond motifs is 1. The van der Waals surface area contributed by atoms with E-state index in [4.69, 9.17) is 9.47 Å². The van der Waals surface area contributed by atoms with E-state index in [1.807, 2.05) is 30.3 Å². The molecule has 2 N–H and O–H groups in total. The minimum absolute atomic E-state index is 0.399. The van der Waals surface area contributed by atoms with Crippen molar-refractivity contribution >= 4 is 23.1 Å². The average Bonchev–Trinajstić information content (AvgIpc) is 2.69. The minimum atomic E-state index is 0.399. The van der Waals surface area contributed by atoms with Gasteiger partial charge in [-0.05, 0) is 35.7 Å². The molecule has 2 heterocycles. The molecule has 0 radical (unpaired) electrons. The van der Waals surface area contributed by atoms with Gasteiger partial charge in [0.05, 0.1) is 6.20 Å². The first kappa shape index (κ1) is 17.1. The second-order valence-corrected chi connectivity index (χ2v) is 6.55. The number of benzene rings is 2. The Morgan fingerprint density at radius 2 is 1.63 bits per heavy atom. The molecule has 3 aromatic rings. The molecular weight excluding hydrogens is 342 g/mol. The van der Waals surface area contributed by atoms with E-state index in [-0.39, 0.29) is 0 Å². The van der Waals surface area contributed by atoms with E-state index >= 15 is 0 Å². The van der Waals surface area contributed by atoms with E-state index in [0.717, 1.165) is 17.1 Å². The highest BCUT2D eigenvalue weighted by Gasteiger charge is 2.12. The van der Waals surface area contributed by atoms with E-state index in [1.54, 1.807) is 6.20 Å². The smallest absolute Gasteiger partial charge is 0.249 e. The number of aromatic nitrogens is 3. The Kier molecular flexibility index (Phi) is 4.74. The molecule has 0 fully saturated rings. The van der Waals surface area contributed by atoms with Gasteiger partial charge in [0.15, 0.2) is 17.3 Å². The van der Waals surface area contributed by atoms with Crippen molar-refractivity contribution in [3.8, 4) is 11.5 Å². The Bertz CT molecular complexity index is 928. The molecule has 7 heteroatoms. The fraction of sp³-hybridized carbons (Fsp3) is 0.250. The monoisotopic (exact) mass is 363 g/mol. The van der Waals surface area contributed by atoms with Gasteiger partial charge >= 0.3 is 0 Å². The highest BCUT2D eigenvalue weighted by atomic mass is 16.6. The molecule has 138 valence electrons. The second kappa shape index (κ2) is 7.49. The normalized spacial score (nSPS) is 12.7. The largest absolute Gasteiger partial charge is 0.486 e. The zero-order chi connectivity index (χ0) is 18.6. The van der Waals surface area contributed by atoms with Crippen LogP contribution in [0.2, 0.25) is 0 Å². The van der Waals surface area contributed by atoms with Gasteiger partial charge in [0.1, 0.15) is 13.2 Å². The molecule has 0 atom stereocenters. The first-order chi connectivity index (χ1) is 13.2. The summed E-state index contributed by atoms with van der Waals surface area (Å²) in [6, 6.07) is 13.9. The number of rotatable bonds is 5. The van der Waals surface area contributed by atoms with Crippen molar-refractivity contribution in [2.45, 2.75) is 19.8 Å². The molecule has 0 aliphatic carbocycles. The summed E-state index contributed by atoms with van der Waals surface area (Å²) < 4.78 is 11.1. The van der Waals surface area contributed by atoms with Gasteiger partial charge in [-0.1, -0.05) is 26.0 Å². The van der Waals surface area contributed by atoms with E-state index in [9.17, 15) is 0 Å². The molecule has 0 bridgehead atoms. The average molecular weight is 363 g/mol. The maximum absolute atomic E-state index is 5.60. The molecule has 0 amide bonds. The molecule has 0 unspecified atom stereocenters. The second-order valence-electron chi connectivity index (χ2n) is 6.55. The van der Waals surface area contributed by atoms with Crippen LogP contribution in [0.3, 0.4) is 0 Å². The van der Waals surface area contributed by atoms with Crippen LogP contribution in [0.25, 0.3) is 0 Å². The Balaban J connectivity index is 1.47. The van der Waals surface area contributed by atoms with Crippen molar-refractivity contribution < 1.29 is 9.47 Å². The predicted octanol–water partition coefficient (Wildman–Crippen LogP) is 4.25. The lowest BCUT2D eigenvalue weighted by Gasteiger charge is -2.19. The molecule has 1 aliphatic rings. The molecule has 2 aromatic carbocycles. The van der Waals surface area contributed by atoms with Crippen molar-refractivity contribution in [3.63, 3.8) is 0 Å². The summed E-state index contributed by atoms with van der Waals surface area (Å²) in [4.78, 5) is 4.47. The summed E-state index contributed by atoms with van der Waals surface area (Å²) in [5.74, 6) is 2.96. The van der Waals surface area contributed by atoms with Crippen LogP contribution in [0.4, 0.5) is 23.1 Å². The van der Waals surface area contributed by atoms with Crippen LogP contribution >= 0.6 is 0 Å². The number of ether oxygens (including phenoxy) is 2. The maximum atomic E-state index is 5.60. The molecule has 1 aromatic heterocycles. The van der Waals surface area contributed by atoms with E-state index in [1.165, 1.54) is 5.56 Å². The lowest BCUT2D eigenvalue weighted by molar-refractivity contribution is 0.171. The molecule has 7 nitrogen and oxygen atoms in total. The standard InChI is InChI=1S/C20H21N5O2/c1-13(2)14-3-5-15(6-4-14)22-19-12-21-25-20(24-19)23-16-7-8-17-18(11-16)27-10-9-26-17/h3-8,11-13H,9-10H2,1-2H3,(H2,22,23,24,25). The van der Waals surface area contributed by atoms with Gasteiger partial charge in [-0.2, -0.15) is 10.1 Å². The summed E-state index contributed by atoms with van der Waals surface area (Å²) in [7, 11) is 0. The summed E-state index contributed by atoms with van der Waals surface area (Å²) >= 11 is 0. The molecule has 4 rings (SSSR count). The zero-order valence-electron chi connectivity index (χ0n) is 15.3. The number of nitrogens with zero attached hydrogens (tertiary/aromatic N) is 3. The van der Waals surface area contributed by atoms with Gasteiger partial charge in [0, 0.05) is 17.4 Å². The first-order valence-corrected chi connectivity index (χ1v) is 8.91. The van der Waals surface area contributed by atoms with Gasteiger partial charge in [-0.15, -0.1) is 5.10 Å². The Morgan fingerprint density at radius 1 is 0.889 bits per heavy atom. The number of hydrogen-bond donors (Lipinski definition) is 2. The topological polar surface area (TPSA) is 81.2 Å². The van der Waals surface area contributed by atoms with E-state index in [0.29, 0.717) is 36.6 Å². The highest BCUT2D eigenvalue weighted by Crippen LogP contribution is 2.33. The van der Waals surface area contributed by atoms with Crippen molar-refractivity contribution in [2.24, 2.45) is 0 Å². The van der Waals surface area contributed by atoms with Crippen molar-refractivity contribution in [2.75, 3.05) is 23.8 Å². The Morgan fingerprint density at radius 3 is 2.41 bits per heavy atom. The number of nitrogens with one attached hydrogen (secondary N) is 2. The fourth-order valence-electron chi connectivity index (χ4n) is 2.77.